The van der Waals surface area contributed by atoms with Crippen LogP contribution in [-0.2, 0) is 9.53 Å². The molecule has 2 saturated heterocycles. The first-order chi connectivity index (χ1) is 10.5. The Morgan fingerprint density at radius 1 is 1.36 bits per heavy atom. The second-order valence-electron chi connectivity index (χ2n) is 6.23. The third-order valence-electron chi connectivity index (χ3n) is 4.43. The van der Waals surface area contributed by atoms with E-state index in [1.807, 2.05) is 0 Å². The van der Waals surface area contributed by atoms with E-state index in [4.69, 9.17) is 4.74 Å². The number of nitrogens with zero attached hydrogens (tertiary/aromatic N) is 2. The molecular formula is C16H19FN2O3. The van der Waals surface area contributed by atoms with Gasteiger partial charge in [-0.3, -0.25) is 9.59 Å². The van der Waals surface area contributed by atoms with Crippen LogP contribution in [0.25, 0.3) is 0 Å². The van der Waals surface area contributed by atoms with Crippen LogP contribution in [-0.4, -0.2) is 61.5 Å². The van der Waals surface area contributed by atoms with E-state index in [-0.39, 0.29) is 23.8 Å². The second kappa shape index (κ2) is 5.68. The van der Waals surface area contributed by atoms with Crippen LogP contribution < -0.4 is 0 Å². The molecule has 2 aliphatic rings. The average molecular weight is 306 g/mol. The van der Waals surface area contributed by atoms with Crippen LogP contribution in [0, 0.1) is 11.2 Å². The highest BCUT2D eigenvalue weighted by molar-refractivity contribution is 5.94. The fourth-order valence-corrected chi connectivity index (χ4v) is 3.26. The smallest absolute Gasteiger partial charge is 0.253 e. The molecule has 0 aromatic heterocycles. The Bertz CT molecular complexity index is 607. The van der Waals surface area contributed by atoms with Crippen LogP contribution in [0.4, 0.5) is 4.39 Å². The molecule has 2 fully saturated rings. The van der Waals surface area contributed by atoms with E-state index in [9.17, 15) is 14.0 Å². The minimum absolute atomic E-state index is 0.0354. The van der Waals surface area contributed by atoms with Gasteiger partial charge < -0.3 is 14.5 Å². The van der Waals surface area contributed by atoms with E-state index in [1.54, 1.807) is 22.9 Å². The quantitative estimate of drug-likeness (QED) is 0.782. The Morgan fingerprint density at radius 3 is 2.95 bits per heavy atom. The standard InChI is InChI=1S/C16H19FN2O3/c1-18-9-16(11-22-8-14(18)20)5-6-19(10-16)15(21)12-3-2-4-13(17)7-12/h2-4,7H,5-6,8-11H2,1H3. The number of amides is 2. The Kier molecular flexibility index (Phi) is 3.87. The van der Waals surface area contributed by atoms with Crippen molar-refractivity contribution in [3.05, 3.63) is 35.6 Å². The molecule has 3 rings (SSSR count). The van der Waals surface area contributed by atoms with Gasteiger partial charge in [0.15, 0.2) is 0 Å². The number of hydrogen-bond donors (Lipinski definition) is 0. The van der Waals surface area contributed by atoms with Crippen molar-refractivity contribution in [2.45, 2.75) is 6.42 Å². The van der Waals surface area contributed by atoms with Crippen LogP contribution in [0.5, 0.6) is 0 Å². The lowest BCUT2D eigenvalue weighted by atomic mass is 9.88. The summed E-state index contributed by atoms with van der Waals surface area (Å²) in [6, 6.07) is 5.74. The first-order valence-electron chi connectivity index (χ1n) is 7.36. The zero-order valence-corrected chi connectivity index (χ0v) is 12.5. The van der Waals surface area contributed by atoms with Crippen molar-refractivity contribution in [2.75, 3.05) is 39.9 Å². The molecule has 1 aromatic rings. The van der Waals surface area contributed by atoms with Gasteiger partial charge in [0.1, 0.15) is 12.4 Å². The van der Waals surface area contributed by atoms with Gasteiger partial charge in [-0.2, -0.15) is 0 Å². The molecule has 1 atom stereocenters. The van der Waals surface area contributed by atoms with Crippen LogP contribution in [0.2, 0.25) is 0 Å². The number of benzene rings is 1. The van der Waals surface area contributed by atoms with Crippen LogP contribution in [0.3, 0.4) is 0 Å². The van der Waals surface area contributed by atoms with Gasteiger partial charge in [0, 0.05) is 37.7 Å². The summed E-state index contributed by atoms with van der Waals surface area (Å²) in [5.74, 6) is -0.621. The lowest BCUT2D eigenvalue weighted by Crippen LogP contribution is -2.41. The summed E-state index contributed by atoms with van der Waals surface area (Å²) in [6.07, 6.45) is 0.783. The highest BCUT2D eigenvalue weighted by atomic mass is 19.1. The Morgan fingerprint density at radius 2 is 2.18 bits per heavy atom. The summed E-state index contributed by atoms with van der Waals surface area (Å²) >= 11 is 0. The van der Waals surface area contributed by atoms with E-state index in [0.717, 1.165) is 6.42 Å². The van der Waals surface area contributed by atoms with Gasteiger partial charge in [0.25, 0.3) is 5.91 Å². The predicted molar refractivity (Wildman–Crippen MR) is 77.8 cm³/mol. The SMILES string of the molecule is CN1CC2(CCN(C(=O)c3cccc(F)c3)C2)COCC1=O. The molecule has 0 radical (unpaired) electrons. The van der Waals surface area contributed by atoms with Gasteiger partial charge in [-0.05, 0) is 24.6 Å². The number of rotatable bonds is 1. The maximum Gasteiger partial charge on any atom is 0.253 e. The average Bonchev–Trinajstić information content (AvgIpc) is 2.84. The molecular weight excluding hydrogens is 287 g/mol. The zero-order valence-electron chi connectivity index (χ0n) is 12.5. The van der Waals surface area contributed by atoms with Crippen LogP contribution in [0.15, 0.2) is 24.3 Å². The normalized spacial score (nSPS) is 25.6. The van der Waals surface area contributed by atoms with Crippen molar-refractivity contribution in [1.82, 2.24) is 9.80 Å². The van der Waals surface area contributed by atoms with E-state index >= 15 is 0 Å². The Labute approximate surface area is 128 Å². The molecule has 22 heavy (non-hydrogen) atoms. The van der Waals surface area contributed by atoms with Gasteiger partial charge in [0.2, 0.25) is 5.91 Å². The highest BCUT2D eigenvalue weighted by Gasteiger charge is 2.43. The molecule has 1 spiro atoms. The molecule has 5 nitrogen and oxygen atoms in total. The van der Waals surface area contributed by atoms with E-state index < -0.39 is 5.82 Å². The number of ether oxygens (including phenoxy) is 1. The number of likely N-dealkylation sites (tertiary alicyclic amines) is 1. The molecule has 1 aromatic carbocycles. The van der Waals surface area contributed by atoms with Crippen molar-refractivity contribution in [1.29, 1.82) is 0 Å². The predicted octanol–water partition coefficient (Wildman–Crippen LogP) is 1.15. The molecule has 2 heterocycles. The molecule has 2 amide bonds. The van der Waals surface area contributed by atoms with Gasteiger partial charge in [-0.1, -0.05) is 6.07 Å². The monoisotopic (exact) mass is 306 g/mol. The summed E-state index contributed by atoms with van der Waals surface area (Å²) in [7, 11) is 1.76. The molecule has 2 aliphatic heterocycles. The molecule has 0 aliphatic carbocycles. The number of carbonyl (C=O) groups is 2. The van der Waals surface area contributed by atoms with Gasteiger partial charge in [0.05, 0.1) is 6.61 Å². The minimum atomic E-state index is -0.414. The summed E-state index contributed by atoms with van der Waals surface area (Å²) in [6.45, 7) is 2.27. The topological polar surface area (TPSA) is 49.9 Å². The van der Waals surface area contributed by atoms with Crippen molar-refractivity contribution < 1.29 is 18.7 Å². The summed E-state index contributed by atoms with van der Waals surface area (Å²) in [5, 5.41) is 0. The third kappa shape index (κ3) is 2.83. The first-order valence-corrected chi connectivity index (χ1v) is 7.36. The van der Waals surface area contributed by atoms with Gasteiger partial charge >= 0.3 is 0 Å². The maximum atomic E-state index is 13.3. The maximum absolute atomic E-state index is 13.3. The number of halogens is 1. The summed E-state index contributed by atoms with van der Waals surface area (Å²) < 4.78 is 18.8. The van der Waals surface area contributed by atoms with Crippen LogP contribution in [0.1, 0.15) is 16.8 Å². The van der Waals surface area contributed by atoms with Crippen molar-refractivity contribution in [3.8, 4) is 0 Å². The molecule has 1 unspecified atom stereocenters. The Balaban J connectivity index is 1.74. The highest BCUT2D eigenvalue weighted by Crippen LogP contribution is 2.34. The lowest BCUT2D eigenvalue weighted by Gasteiger charge is -2.29. The second-order valence-corrected chi connectivity index (χ2v) is 6.23. The number of carbonyl (C=O) groups excluding carboxylic acids is 2. The zero-order chi connectivity index (χ0) is 15.7. The summed E-state index contributed by atoms with van der Waals surface area (Å²) in [4.78, 5) is 27.6. The van der Waals surface area contributed by atoms with Crippen molar-refractivity contribution in [2.24, 2.45) is 5.41 Å². The molecule has 118 valence electrons. The van der Waals surface area contributed by atoms with E-state index in [2.05, 4.69) is 0 Å². The molecule has 0 N–H and O–H groups in total. The van der Waals surface area contributed by atoms with Crippen LogP contribution >= 0.6 is 0 Å². The van der Waals surface area contributed by atoms with Crippen molar-refractivity contribution >= 4 is 11.8 Å². The number of likely N-dealkylation sites (N-methyl/N-ethyl adjacent to an activating group) is 1. The van der Waals surface area contributed by atoms with Gasteiger partial charge in [-0.15, -0.1) is 0 Å². The lowest BCUT2D eigenvalue weighted by molar-refractivity contribution is -0.132. The van der Waals surface area contributed by atoms with Gasteiger partial charge in [-0.25, -0.2) is 4.39 Å². The fourth-order valence-electron chi connectivity index (χ4n) is 3.26. The number of hydrogen-bond acceptors (Lipinski definition) is 3. The third-order valence-corrected chi connectivity index (χ3v) is 4.43. The summed E-state index contributed by atoms with van der Waals surface area (Å²) in [5.41, 5.74) is 0.139. The molecule has 6 heteroatoms. The Hall–Kier alpha value is -1.95. The largest absolute Gasteiger partial charge is 0.371 e. The van der Waals surface area contributed by atoms with E-state index in [1.165, 1.54) is 18.2 Å². The minimum Gasteiger partial charge on any atom is -0.371 e. The first kappa shape index (κ1) is 15.0. The van der Waals surface area contributed by atoms with Crippen molar-refractivity contribution in [3.63, 3.8) is 0 Å². The molecule has 0 bridgehead atoms. The van der Waals surface area contributed by atoms with E-state index in [0.29, 0.717) is 31.8 Å². The molecule has 0 saturated carbocycles. The fraction of sp³-hybridized carbons (Fsp3) is 0.500.